The SMILES string of the molecule is COCC(C)CNc1ccc2cc([N+](=O)[O-])ccc2n1. The molecule has 6 nitrogen and oxygen atoms in total. The van der Waals surface area contributed by atoms with Gasteiger partial charge in [-0.15, -0.1) is 0 Å². The molecule has 0 saturated carbocycles. The number of fused-ring (bicyclic) bond motifs is 1. The second-order valence-electron chi connectivity index (χ2n) is 4.77. The van der Waals surface area contributed by atoms with Crippen LogP contribution in [0.5, 0.6) is 0 Å². The number of nitro benzene ring substituents is 1. The van der Waals surface area contributed by atoms with E-state index in [9.17, 15) is 10.1 Å². The van der Waals surface area contributed by atoms with Gasteiger partial charge in [-0.3, -0.25) is 10.1 Å². The fraction of sp³-hybridized carbons (Fsp3) is 0.357. The number of benzene rings is 1. The molecule has 0 radical (unpaired) electrons. The molecule has 0 aliphatic heterocycles. The molecule has 1 heterocycles. The van der Waals surface area contributed by atoms with E-state index >= 15 is 0 Å². The normalized spacial score (nSPS) is 12.3. The maximum absolute atomic E-state index is 10.7. The van der Waals surface area contributed by atoms with Gasteiger partial charge in [-0.2, -0.15) is 0 Å². The van der Waals surface area contributed by atoms with Gasteiger partial charge in [-0.1, -0.05) is 6.92 Å². The number of nitrogens with zero attached hydrogens (tertiary/aromatic N) is 2. The topological polar surface area (TPSA) is 77.3 Å². The number of hydrogen-bond acceptors (Lipinski definition) is 5. The third-order valence-corrected chi connectivity index (χ3v) is 2.97. The van der Waals surface area contributed by atoms with Gasteiger partial charge in [0.25, 0.3) is 5.69 Å². The van der Waals surface area contributed by atoms with Gasteiger partial charge in [0.2, 0.25) is 0 Å². The lowest BCUT2D eigenvalue weighted by atomic mass is 10.2. The van der Waals surface area contributed by atoms with Gasteiger partial charge < -0.3 is 10.1 Å². The minimum Gasteiger partial charge on any atom is -0.384 e. The first-order valence-corrected chi connectivity index (χ1v) is 6.38. The fourth-order valence-corrected chi connectivity index (χ4v) is 1.95. The summed E-state index contributed by atoms with van der Waals surface area (Å²) in [6.07, 6.45) is 0. The molecule has 20 heavy (non-hydrogen) atoms. The molecule has 6 heteroatoms. The van der Waals surface area contributed by atoms with E-state index in [-0.39, 0.29) is 5.69 Å². The smallest absolute Gasteiger partial charge is 0.270 e. The largest absolute Gasteiger partial charge is 0.384 e. The number of ether oxygens (including phenoxy) is 1. The van der Waals surface area contributed by atoms with E-state index in [0.29, 0.717) is 12.5 Å². The Kier molecular flexibility index (Phi) is 4.47. The summed E-state index contributed by atoms with van der Waals surface area (Å²) in [5.41, 5.74) is 0.814. The zero-order valence-electron chi connectivity index (χ0n) is 11.5. The number of nitro groups is 1. The van der Waals surface area contributed by atoms with E-state index in [2.05, 4.69) is 17.2 Å². The minimum atomic E-state index is -0.405. The van der Waals surface area contributed by atoms with Gasteiger partial charge in [-0.25, -0.2) is 4.98 Å². The Labute approximate surface area is 116 Å². The first-order valence-electron chi connectivity index (χ1n) is 6.38. The van der Waals surface area contributed by atoms with Crippen LogP contribution in [-0.4, -0.2) is 30.2 Å². The second-order valence-corrected chi connectivity index (χ2v) is 4.77. The molecular formula is C14H17N3O3. The van der Waals surface area contributed by atoms with Crippen molar-refractivity contribution in [3.05, 3.63) is 40.4 Å². The molecule has 1 aromatic heterocycles. The van der Waals surface area contributed by atoms with E-state index in [1.54, 1.807) is 13.2 Å². The predicted octanol–water partition coefficient (Wildman–Crippen LogP) is 2.84. The number of pyridine rings is 1. The highest BCUT2D eigenvalue weighted by Crippen LogP contribution is 2.21. The van der Waals surface area contributed by atoms with Crippen molar-refractivity contribution in [1.29, 1.82) is 0 Å². The molecule has 0 bridgehead atoms. The van der Waals surface area contributed by atoms with Crippen LogP contribution in [0.25, 0.3) is 10.9 Å². The Morgan fingerprint density at radius 1 is 1.40 bits per heavy atom. The molecule has 2 rings (SSSR count). The van der Waals surface area contributed by atoms with Gasteiger partial charge >= 0.3 is 0 Å². The van der Waals surface area contributed by atoms with Crippen LogP contribution in [0.1, 0.15) is 6.92 Å². The molecule has 1 aromatic carbocycles. The van der Waals surface area contributed by atoms with E-state index in [0.717, 1.165) is 23.3 Å². The average molecular weight is 275 g/mol. The van der Waals surface area contributed by atoms with Crippen LogP contribution >= 0.6 is 0 Å². The Morgan fingerprint density at radius 2 is 2.20 bits per heavy atom. The minimum absolute atomic E-state index is 0.0775. The Hall–Kier alpha value is -2.21. The van der Waals surface area contributed by atoms with Crippen molar-refractivity contribution < 1.29 is 9.66 Å². The van der Waals surface area contributed by atoms with Crippen molar-refractivity contribution >= 4 is 22.4 Å². The Morgan fingerprint density at radius 3 is 2.90 bits per heavy atom. The molecule has 0 aliphatic rings. The molecular weight excluding hydrogens is 258 g/mol. The first kappa shape index (κ1) is 14.2. The van der Waals surface area contributed by atoms with Crippen molar-refractivity contribution in [1.82, 2.24) is 4.98 Å². The van der Waals surface area contributed by atoms with Crippen molar-refractivity contribution in [2.24, 2.45) is 5.92 Å². The van der Waals surface area contributed by atoms with Gasteiger partial charge in [0.05, 0.1) is 17.0 Å². The monoisotopic (exact) mass is 275 g/mol. The number of methoxy groups -OCH3 is 1. The number of anilines is 1. The van der Waals surface area contributed by atoms with Crippen LogP contribution in [0.15, 0.2) is 30.3 Å². The molecule has 1 N–H and O–H groups in total. The molecule has 0 fully saturated rings. The highest BCUT2D eigenvalue weighted by Gasteiger charge is 2.07. The highest BCUT2D eigenvalue weighted by atomic mass is 16.6. The number of rotatable bonds is 6. The standard InChI is InChI=1S/C14H17N3O3/c1-10(9-20-2)8-15-14-6-3-11-7-12(17(18)19)4-5-13(11)16-14/h3-7,10H,8-9H2,1-2H3,(H,15,16). The maximum Gasteiger partial charge on any atom is 0.270 e. The zero-order valence-corrected chi connectivity index (χ0v) is 11.5. The molecule has 1 atom stereocenters. The molecule has 0 spiro atoms. The first-order chi connectivity index (χ1) is 9.60. The number of aromatic nitrogens is 1. The summed E-state index contributed by atoms with van der Waals surface area (Å²) in [6.45, 7) is 3.53. The van der Waals surface area contributed by atoms with E-state index in [1.807, 2.05) is 12.1 Å². The molecule has 106 valence electrons. The van der Waals surface area contributed by atoms with Gasteiger partial charge in [0.15, 0.2) is 0 Å². The quantitative estimate of drug-likeness (QED) is 0.648. The maximum atomic E-state index is 10.7. The molecule has 2 aromatic rings. The van der Waals surface area contributed by atoms with Crippen molar-refractivity contribution in [3.63, 3.8) is 0 Å². The third kappa shape index (κ3) is 3.42. The van der Waals surface area contributed by atoms with Crippen LogP contribution in [0.4, 0.5) is 11.5 Å². The average Bonchev–Trinajstić information content (AvgIpc) is 2.44. The predicted molar refractivity (Wildman–Crippen MR) is 77.9 cm³/mol. The highest BCUT2D eigenvalue weighted by molar-refractivity contribution is 5.82. The summed E-state index contributed by atoms with van der Waals surface area (Å²) in [6, 6.07) is 8.31. The molecule has 1 unspecified atom stereocenters. The fourth-order valence-electron chi connectivity index (χ4n) is 1.95. The number of nitrogens with one attached hydrogen (secondary N) is 1. The molecule has 0 aliphatic carbocycles. The molecule has 0 saturated heterocycles. The second kappa shape index (κ2) is 6.29. The zero-order chi connectivity index (χ0) is 14.5. The summed E-state index contributed by atoms with van der Waals surface area (Å²) in [5, 5.41) is 14.7. The number of hydrogen-bond donors (Lipinski definition) is 1. The lowest BCUT2D eigenvalue weighted by Crippen LogP contribution is -2.16. The van der Waals surface area contributed by atoms with E-state index < -0.39 is 4.92 Å². The van der Waals surface area contributed by atoms with Gasteiger partial charge in [0, 0.05) is 31.2 Å². The Bertz CT molecular complexity index is 616. The summed E-state index contributed by atoms with van der Waals surface area (Å²) in [5.74, 6) is 1.14. The Balaban J connectivity index is 2.13. The van der Waals surface area contributed by atoms with Gasteiger partial charge in [-0.05, 0) is 24.1 Å². The van der Waals surface area contributed by atoms with E-state index in [4.69, 9.17) is 4.74 Å². The third-order valence-electron chi connectivity index (χ3n) is 2.97. The summed E-state index contributed by atoms with van der Waals surface area (Å²) >= 11 is 0. The molecule has 0 amide bonds. The van der Waals surface area contributed by atoms with Crippen molar-refractivity contribution in [2.45, 2.75) is 6.92 Å². The van der Waals surface area contributed by atoms with E-state index in [1.165, 1.54) is 12.1 Å². The lowest BCUT2D eigenvalue weighted by molar-refractivity contribution is -0.384. The summed E-state index contributed by atoms with van der Waals surface area (Å²) in [4.78, 5) is 14.7. The number of non-ortho nitro benzene ring substituents is 1. The van der Waals surface area contributed by atoms with Crippen molar-refractivity contribution in [2.75, 3.05) is 25.6 Å². The van der Waals surface area contributed by atoms with Crippen LogP contribution in [0, 0.1) is 16.0 Å². The van der Waals surface area contributed by atoms with Crippen molar-refractivity contribution in [3.8, 4) is 0 Å². The van der Waals surface area contributed by atoms with Gasteiger partial charge in [0.1, 0.15) is 5.82 Å². The van der Waals surface area contributed by atoms with Crippen LogP contribution < -0.4 is 5.32 Å². The lowest BCUT2D eigenvalue weighted by Gasteiger charge is -2.12. The van der Waals surface area contributed by atoms with Crippen LogP contribution in [-0.2, 0) is 4.74 Å². The summed E-state index contributed by atoms with van der Waals surface area (Å²) in [7, 11) is 1.68. The summed E-state index contributed by atoms with van der Waals surface area (Å²) < 4.78 is 5.07. The van der Waals surface area contributed by atoms with Crippen LogP contribution in [0.3, 0.4) is 0 Å². The van der Waals surface area contributed by atoms with Crippen LogP contribution in [0.2, 0.25) is 0 Å².